The SMILES string of the molecule is CC(=O)Nc1ccc(S(=O)(=O)CC(=O)N2CCCc3ccccc32)cc1. The van der Waals surface area contributed by atoms with Gasteiger partial charge in [-0.1, -0.05) is 18.2 Å². The van der Waals surface area contributed by atoms with Crippen molar-refractivity contribution in [3.05, 3.63) is 54.1 Å². The Morgan fingerprint density at radius 1 is 1.08 bits per heavy atom. The third kappa shape index (κ3) is 3.94. The third-order valence-electron chi connectivity index (χ3n) is 4.26. The van der Waals surface area contributed by atoms with E-state index < -0.39 is 21.5 Å². The van der Waals surface area contributed by atoms with Crippen LogP contribution in [0.4, 0.5) is 11.4 Å². The molecule has 0 spiro atoms. The van der Waals surface area contributed by atoms with Crippen molar-refractivity contribution in [2.24, 2.45) is 0 Å². The fraction of sp³-hybridized carbons (Fsp3) is 0.263. The number of anilines is 2. The number of hydrogen-bond acceptors (Lipinski definition) is 4. The highest BCUT2D eigenvalue weighted by atomic mass is 32.2. The quantitative estimate of drug-likeness (QED) is 0.893. The Hall–Kier alpha value is -2.67. The highest BCUT2D eigenvalue weighted by molar-refractivity contribution is 7.92. The Labute approximate surface area is 152 Å². The predicted molar refractivity (Wildman–Crippen MR) is 99.9 cm³/mol. The second-order valence-electron chi connectivity index (χ2n) is 6.24. The zero-order chi connectivity index (χ0) is 18.7. The summed E-state index contributed by atoms with van der Waals surface area (Å²) in [4.78, 5) is 25.3. The van der Waals surface area contributed by atoms with Crippen LogP contribution in [-0.2, 0) is 25.8 Å². The number of rotatable bonds is 4. The number of sulfone groups is 1. The number of benzene rings is 2. The Balaban J connectivity index is 1.77. The first-order chi connectivity index (χ1) is 12.4. The van der Waals surface area contributed by atoms with E-state index in [9.17, 15) is 18.0 Å². The van der Waals surface area contributed by atoms with Gasteiger partial charge in [0.1, 0.15) is 5.75 Å². The van der Waals surface area contributed by atoms with Gasteiger partial charge in [-0.05, 0) is 48.7 Å². The number of hydrogen-bond donors (Lipinski definition) is 1. The maximum atomic E-state index is 12.7. The smallest absolute Gasteiger partial charge is 0.242 e. The number of para-hydroxylation sites is 1. The molecular weight excluding hydrogens is 352 g/mol. The van der Waals surface area contributed by atoms with Gasteiger partial charge in [0.25, 0.3) is 0 Å². The molecule has 2 aromatic rings. The van der Waals surface area contributed by atoms with Crippen molar-refractivity contribution in [2.75, 3.05) is 22.5 Å². The van der Waals surface area contributed by atoms with Crippen molar-refractivity contribution in [1.82, 2.24) is 0 Å². The van der Waals surface area contributed by atoms with Crippen LogP contribution in [0.3, 0.4) is 0 Å². The van der Waals surface area contributed by atoms with E-state index in [-0.39, 0.29) is 10.8 Å². The number of carbonyl (C=O) groups excluding carboxylic acids is 2. The van der Waals surface area contributed by atoms with Crippen molar-refractivity contribution in [3.8, 4) is 0 Å². The molecule has 0 aromatic heterocycles. The molecular formula is C19H20N2O4S. The summed E-state index contributed by atoms with van der Waals surface area (Å²) in [5.41, 5.74) is 2.36. The molecule has 3 rings (SSSR count). The van der Waals surface area contributed by atoms with Crippen LogP contribution in [0.2, 0.25) is 0 Å². The monoisotopic (exact) mass is 372 g/mol. The number of amides is 2. The first-order valence-electron chi connectivity index (χ1n) is 8.35. The summed E-state index contributed by atoms with van der Waals surface area (Å²) in [6.07, 6.45) is 1.70. The van der Waals surface area contributed by atoms with Gasteiger partial charge in [-0.15, -0.1) is 0 Å². The highest BCUT2D eigenvalue weighted by Crippen LogP contribution is 2.27. The molecule has 1 aliphatic heterocycles. The molecule has 136 valence electrons. The van der Waals surface area contributed by atoms with Crippen molar-refractivity contribution < 1.29 is 18.0 Å². The predicted octanol–water partition coefficient (Wildman–Crippen LogP) is 2.40. The molecule has 0 atom stereocenters. The van der Waals surface area contributed by atoms with Gasteiger partial charge in [0, 0.05) is 24.8 Å². The molecule has 0 radical (unpaired) electrons. The largest absolute Gasteiger partial charge is 0.326 e. The van der Waals surface area contributed by atoms with Crippen LogP contribution in [0.15, 0.2) is 53.4 Å². The fourth-order valence-electron chi connectivity index (χ4n) is 3.07. The van der Waals surface area contributed by atoms with Crippen LogP contribution < -0.4 is 10.2 Å². The van der Waals surface area contributed by atoms with E-state index in [1.165, 1.54) is 31.2 Å². The van der Waals surface area contributed by atoms with E-state index in [1.54, 1.807) is 4.90 Å². The lowest BCUT2D eigenvalue weighted by atomic mass is 10.0. The van der Waals surface area contributed by atoms with Crippen LogP contribution in [0.1, 0.15) is 18.9 Å². The van der Waals surface area contributed by atoms with Crippen molar-refractivity contribution in [3.63, 3.8) is 0 Å². The summed E-state index contributed by atoms with van der Waals surface area (Å²) in [5.74, 6) is -1.25. The zero-order valence-electron chi connectivity index (χ0n) is 14.4. The second kappa shape index (κ2) is 7.29. The van der Waals surface area contributed by atoms with E-state index in [4.69, 9.17) is 0 Å². The van der Waals surface area contributed by atoms with Gasteiger partial charge in [0.2, 0.25) is 11.8 Å². The summed E-state index contributed by atoms with van der Waals surface area (Å²) < 4.78 is 25.2. The van der Waals surface area contributed by atoms with Crippen LogP contribution in [0.25, 0.3) is 0 Å². The average Bonchev–Trinajstić information content (AvgIpc) is 2.60. The molecule has 0 unspecified atom stereocenters. The number of carbonyl (C=O) groups is 2. The Bertz CT molecular complexity index is 936. The molecule has 2 amide bonds. The van der Waals surface area contributed by atoms with Gasteiger partial charge in [-0.25, -0.2) is 8.42 Å². The van der Waals surface area contributed by atoms with Crippen molar-refractivity contribution in [2.45, 2.75) is 24.7 Å². The lowest BCUT2D eigenvalue weighted by molar-refractivity contribution is -0.116. The minimum Gasteiger partial charge on any atom is -0.326 e. The van der Waals surface area contributed by atoms with E-state index in [1.807, 2.05) is 24.3 Å². The van der Waals surface area contributed by atoms with E-state index in [2.05, 4.69) is 5.32 Å². The highest BCUT2D eigenvalue weighted by Gasteiger charge is 2.27. The summed E-state index contributed by atoms with van der Waals surface area (Å²) in [5, 5.41) is 2.58. The normalized spacial score (nSPS) is 13.8. The van der Waals surface area contributed by atoms with E-state index in [0.29, 0.717) is 12.2 Å². The first kappa shape index (κ1) is 18.1. The Kier molecular flexibility index (Phi) is 5.08. The molecule has 2 aromatic carbocycles. The van der Waals surface area contributed by atoms with Crippen LogP contribution in [0.5, 0.6) is 0 Å². The summed E-state index contributed by atoms with van der Waals surface area (Å²) in [6.45, 7) is 1.90. The molecule has 0 aliphatic carbocycles. The lowest BCUT2D eigenvalue weighted by Gasteiger charge is -2.29. The third-order valence-corrected chi connectivity index (χ3v) is 5.88. The Morgan fingerprint density at radius 3 is 2.46 bits per heavy atom. The molecule has 6 nitrogen and oxygen atoms in total. The Morgan fingerprint density at radius 2 is 1.77 bits per heavy atom. The molecule has 0 saturated heterocycles. The van der Waals surface area contributed by atoms with Gasteiger partial charge >= 0.3 is 0 Å². The fourth-order valence-corrected chi connectivity index (χ4v) is 4.26. The molecule has 26 heavy (non-hydrogen) atoms. The molecule has 1 N–H and O–H groups in total. The van der Waals surface area contributed by atoms with Gasteiger partial charge in [-0.2, -0.15) is 0 Å². The topological polar surface area (TPSA) is 83.5 Å². The van der Waals surface area contributed by atoms with E-state index >= 15 is 0 Å². The number of nitrogens with one attached hydrogen (secondary N) is 1. The van der Waals surface area contributed by atoms with Gasteiger partial charge in [0.05, 0.1) is 4.90 Å². The second-order valence-corrected chi connectivity index (χ2v) is 8.23. The lowest BCUT2D eigenvalue weighted by Crippen LogP contribution is -2.39. The summed E-state index contributed by atoms with van der Waals surface area (Å²) >= 11 is 0. The standard InChI is InChI=1S/C19H20N2O4S/c1-14(22)20-16-8-10-17(11-9-16)26(24,25)13-19(23)21-12-4-6-15-5-2-3-7-18(15)21/h2-3,5,7-11H,4,6,12-13H2,1H3,(H,20,22). The number of fused-ring (bicyclic) bond motifs is 1. The first-order valence-corrected chi connectivity index (χ1v) is 10.0. The van der Waals surface area contributed by atoms with Gasteiger partial charge in [-0.3, -0.25) is 9.59 Å². The average molecular weight is 372 g/mol. The molecule has 1 aliphatic rings. The minimum absolute atomic E-state index is 0.0604. The summed E-state index contributed by atoms with van der Waals surface area (Å²) in [7, 11) is -3.76. The van der Waals surface area contributed by atoms with Gasteiger partial charge in [0.15, 0.2) is 9.84 Å². The molecule has 1 heterocycles. The minimum atomic E-state index is -3.76. The zero-order valence-corrected chi connectivity index (χ0v) is 15.3. The van der Waals surface area contributed by atoms with E-state index in [0.717, 1.165) is 24.1 Å². The van der Waals surface area contributed by atoms with Crippen LogP contribution in [0, 0.1) is 0 Å². The number of aryl methyl sites for hydroxylation is 1. The molecule has 7 heteroatoms. The molecule has 0 saturated carbocycles. The maximum absolute atomic E-state index is 12.7. The van der Waals surface area contributed by atoms with Crippen molar-refractivity contribution >= 4 is 33.0 Å². The molecule has 0 fully saturated rings. The van der Waals surface area contributed by atoms with Crippen LogP contribution >= 0.6 is 0 Å². The maximum Gasteiger partial charge on any atom is 0.242 e. The molecule has 0 bridgehead atoms. The van der Waals surface area contributed by atoms with Gasteiger partial charge < -0.3 is 10.2 Å². The van der Waals surface area contributed by atoms with Crippen LogP contribution in [-0.4, -0.2) is 32.5 Å². The number of nitrogens with zero attached hydrogens (tertiary/aromatic N) is 1. The van der Waals surface area contributed by atoms with Crippen molar-refractivity contribution in [1.29, 1.82) is 0 Å². The summed E-state index contributed by atoms with van der Waals surface area (Å²) in [6, 6.07) is 13.4.